The van der Waals surface area contributed by atoms with E-state index in [9.17, 15) is 146 Å². The summed E-state index contributed by atoms with van der Waals surface area (Å²) in [5.41, 5.74) is 0. The van der Waals surface area contributed by atoms with Crippen LogP contribution in [0.5, 0.6) is 0 Å². The third-order valence-electron chi connectivity index (χ3n) is 11.7. The Morgan fingerprint density at radius 1 is 0.365 bits per heavy atom. The van der Waals surface area contributed by atoms with Crippen LogP contribution in [0.15, 0.2) is 0 Å². The Labute approximate surface area is 474 Å². The molecule has 5 aliphatic heterocycles. The van der Waals surface area contributed by atoms with E-state index < -0.39 is 258 Å². The van der Waals surface area contributed by atoms with Crippen LogP contribution in [0.25, 0.3) is 0 Å². The summed E-state index contributed by atoms with van der Waals surface area (Å²) in [6, 6.07) is 0. The molecule has 0 unspecified atom stereocenters. The van der Waals surface area contributed by atoms with Crippen molar-refractivity contribution in [1.29, 1.82) is 0 Å². The van der Waals surface area contributed by atoms with Crippen LogP contribution in [0.3, 0.4) is 0 Å². The summed E-state index contributed by atoms with van der Waals surface area (Å²) in [6.07, 6.45) is -64.9. The van der Waals surface area contributed by atoms with Gasteiger partial charge in [0.25, 0.3) is 0 Å². The Kier molecular flexibility index (Phi) is 23.6. The number of β-amino-alcohol motifs (C(OH)–C–C–N with tert-alkyl or cyclic N) is 1. The molecule has 0 aliphatic carbocycles. The Hall–Kier alpha value is -3.06. The number of piperidine rings is 1. The Morgan fingerprint density at radius 3 is 0.965 bits per heavy atom. The lowest BCUT2D eigenvalue weighted by Crippen LogP contribution is -2.69. The van der Waals surface area contributed by atoms with Crippen molar-refractivity contribution < 1.29 is 213 Å². The predicted molar refractivity (Wildman–Crippen MR) is 241 cm³/mol. The molecule has 48 nitrogen and oxygen atoms in total. The second-order valence-corrected chi connectivity index (χ2v) is 24.9. The van der Waals surface area contributed by atoms with Crippen LogP contribution < -0.4 is 5.32 Å². The first-order valence-corrected chi connectivity index (χ1v) is 31.6. The SMILES string of the molecule is O=C(O)[C@H]1CNC[C@@H](O)[C@@H]1O[C@H]1O[C@H](COS(=O)(=O)O)[C@@H](O[C@@H]2O[C@@H](C(=O)O)[C@@H](O[C@H]3O[C@H](COS(=O)(=O)O)[C@@H](O[C@@H]4O[C@@H](C(=O)O)[C@@H](OS(=O)(=O)O)[C@H](O)[C@H]4OS(=O)(=O)O)[C@H](O)[C@H]3OS(=O)(=O)O)[C@H](O)[C@H]2OS(=O)(=O)O)[C@H](O)[C@H]1OS(=O)(=O)O. The number of aliphatic hydroxyl groups excluding tert-OH is 5. The number of rotatable bonds is 27. The molecule has 0 radical (unpaired) electrons. The van der Waals surface area contributed by atoms with E-state index in [1.807, 2.05) is 0 Å². The molecule has 0 spiro atoms. The van der Waals surface area contributed by atoms with Crippen LogP contribution in [-0.2, 0) is 154 Å². The van der Waals surface area contributed by atoms with Crippen LogP contribution in [0.2, 0.25) is 0 Å². The van der Waals surface area contributed by atoms with E-state index in [0.717, 1.165) is 0 Å². The van der Waals surface area contributed by atoms with Gasteiger partial charge < -0.3 is 84.1 Å². The molecule has 5 rings (SSSR count). The number of carboxylic acid groups (broad SMARTS) is 3. The van der Waals surface area contributed by atoms with Crippen molar-refractivity contribution in [2.24, 2.45) is 5.92 Å². The third-order valence-corrected chi connectivity index (χ3v) is 14.9. The standard InChI is InChI=1S/C30H47NO47S7/c32-6-2-31-1-5(24(37)38)13(6)68-27-18(75-82(52,53)54)9(33)14(7(66-27)3-64-79(43,44)45)69-29-20(77-84(58,59)60)11(35)16(22(72-29)25(39)40)71-28-19(76-83(55,56)57)10(34)15(8(67-28)4-65-80(46,47)48)70-30-21(78-85(61,62)63)12(36)17(74-81(49,50)51)23(73-30)26(41)42/h5-23,27-36H,1-4H2,(H,37,38)(H,39,40)(H,41,42)(H,43,44,45)(H,46,47,48)(H,49,50,51)(H,52,53,54)(H,55,56,57)(H,58,59,60)(H,61,62,63)/t5-,6+,7+,8+,9-,10-,11-,12-,13+,14+,15+,16-,17-,18+,19+,20+,21+,22+,23+,27+,28+,29+,30+/m0/s1. The number of aliphatic hydroxyl groups is 5. The molecule has 5 heterocycles. The molecular formula is C30H47NO47S7. The van der Waals surface area contributed by atoms with Crippen LogP contribution in [-0.4, -0.2) is 311 Å². The molecule has 5 aliphatic rings. The van der Waals surface area contributed by atoms with E-state index in [2.05, 4.69) is 34.6 Å². The molecule has 85 heavy (non-hydrogen) atoms. The Morgan fingerprint density at radius 2 is 0.647 bits per heavy atom. The summed E-state index contributed by atoms with van der Waals surface area (Å²) in [5, 5.41) is 88.8. The van der Waals surface area contributed by atoms with Gasteiger partial charge in [0.1, 0.15) is 67.1 Å². The maximum absolute atomic E-state index is 13.0. The lowest BCUT2D eigenvalue weighted by molar-refractivity contribution is -0.380. The average molecular weight is 1400 g/mol. The van der Waals surface area contributed by atoms with E-state index in [0.29, 0.717) is 0 Å². The van der Waals surface area contributed by atoms with Crippen molar-refractivity contribution in [2.45, 2.75) is 135 Å². The Bertz CT molecular complexity index is 3200. The van der Waals surface area contributed by atoms with Gasteiger partial charge in [-0.1, -0.05) is 0 Å². The van der Waals surface area contributed by atoms with Gasteiger partial charge in [0, 0.05) is 13.1 Å². The zero-order valence-corrected chi connectivity index (χ0v) is 46.5. The van der Waals surface area contributed by atoms with Gasteiger partial charge in [-0.3, -0.25) is 36.7 Å². The van der Waals surface area contributed by atoms with E-state index in [4.69, 9.17) is 37.9 Å². The largest absolute Gasteiger partial charge is 0.481 e. The van der Waals surface area contributed by atoms with Crippen LogP contribution in [0.1, 0.15) is 0 Å². The van der Waals surface area contributed by atoms with E-state index >= 15 is 0 Å². The predicted octanol–water partition coefficient (Wildman–Crippen LogP) is -11.7. The van der Waals surface area contributed by atoms with Crippen molar-refractivity contribution >= 4 is 90.7 Å². The summed E-state index contributed by atoms with van der Waals surface area (Å²) in [7, 11) is -41.7. The van der Waals surface area contributed by atoms with Crippen molar-refractivity contribution in [3.05, 3.63) is 0 Å². The molecule has 0 amide bonds. The minimum absolute atomic E-state index is 0.473. The number of carbonyl (C=O) groups is 3. The number of carboxylic acids is 3. The maximum atomic E-state index is 13.0. The molecule has 0 saturated carbocycles. The summed E-state index contributed by atoms with van der Waals surface area (Å²) < 4.78 is 306. The molecule has 496 valence electrons. The smallest absolute Gasteiger partial charge is 0.397 e. The molecular weight excluding hydrogens is 1350 g/mol. The zero-order valence-electron chi connectivity index (χ0n) is 40.7. The molecule has 5 fully saturated rings. The third kappa shape index (κ3) is 20.7. The number of nitrogens with one attached hydrogen (secondary N) is 1. The first kappa shape index (κ1) is 72.7. The fourth-order valence-corrected chi connectivity index (χ4v) is 11.5. The van der Waals surface area contributed by atoms with Gasteiger partial charge >= 0.3 is 90.7 Å². The van der Waals surface area contributed by atoms with Gasteiger partial charge in [-0.05, 0) is 0 Å². The summed E-state index contributed by atoms with van der Waals surface area (Å²) >= 11 is 0. The fraction of sp³-hybridized carbons (Fsp3) is 0.900. The lowest BCUT2D eigenvalue weighted by Gasteiger charge is -2.49. The Balaban J connectivity index is 1.59. The zero-order chi connectivity index (χ0) is 64.7. The highest BCUT2D eigenvalue weighted by molar-refractivity contribution is 7.82. The van der Waals surface area contributed by atoms with Crippen LogP contribution >= 0.6 is 0 Å². The van der Waals surface area contributed by atoms with Gasteiger partial charge in [0.2, 0.25) is 0 Å². The van der Waals surface area contributed by atoms with Crippen LogP contribution in [0, 0.1) is 5.92 Å². The number of hydrogen-bond donors (Lipinski definition) is 16. The van der Waals surface area contributed by atoms with Crippen molar-refractivity contribution in [3.63, 3.8) is 0 Å². The van der Waals surface area contributed by atoms with Gasteiger partial charge in [-0.25, -0.2) is 38.9 Å². The topological polar surface area (TPSA) is 744 Å². The van der Waals surface area contributed by atoms with Crippen LogP contribution in [0.4, 0.5) is 0 Å². The van der Waals surface area contributed by atoms with Gasteiger partial charge in [0.15, 0.2) is 61.8 Å². The maximum Gasteiger partial charge on any atom is 0.397 e. The van der Waals surface area contributed by atoms with Gasteiger partial charge in [0.05, 0.1) is 25.2 Å². The molecule has 5 saturated heterocycles. The summed E-state index contributed by atoms with van der Waals surface area (Å²) in [6.45, 7) is -4.62. The fourth-order valence-electron chi connectivity index (χ4n) is 8.48. The molecule has 0 aromatic heterocycles. The first-order chi connectivity index (χ1) is 38.5. The van der Waals surface area contributed by atoms with Crippen molar-refractivity contribution in [1.82, 2.24) is 5.32 Å². The van der Waals surface area contributed by atoms with Crippen molar-refractivity contribution in [3.8, 4) is 0 Å². The van der Waals surface area contributed by atoms with Crippen molar-refractivity contribution in [2.75, 3.05) is 26.3 Å². The second kappa shape index (κ2) is 27.6. The summed E-state index contributed by atoms with van der Waals surface area (Å²) in [5.74, 6) is -8.45. The van der Waals surface area contributed by atoms with E-state index in [1.165, 1.54) is 0 Å². The number of hydrogen-bond acceptors (Lipinski definition) is 38. The molecule has 0 aromatic rings. The quantitative estimate of drug-likeness (QED) is 0.0340. The monoisotopic (exact) mass is 1400 g/mol. The average Bonchev–Trinajstić information content (AvgIpc) is 0.952. The lowest BCUT2D eigenvalue weighted by atomic mass is 9.93. The number of aliphatic carboxylic acids is 3. The molecule has 0 aromatic carbocycles. The number of ether oxygens (including phenoxy) is 8. The highest BCUT2D eigenvalue weighted by atomic mass is 32.3. The molecule has 55 heteroatoms. The molecule has 0 bridgehead atoms. The molecule has 16 N–H and O–H groups in total. The minimum Gasteiger partial charge on any atom is -0.481 e. The minimum atomic E-state index is -6.20. The van der Waals surface area contributed by atoms with Gasteiger partial charge in [-0.15, -0.1) is 0 Å². The van der Waals surface area contributed by atoms with E-state index in [1.54, 1.807) is 0 Å². The highest BCUT2D eigenvalue weighted by Gasteiger charge is 2.61. The van der Waals surface area contributed by atoms with E-state index in [-0.39, 0.29) is 0 Å². The first-order valence-electron chi connectivity index (χ1n) is 22.1. The normalized spacial score (nSPS) is 38.5. The second-order valence-electron chi connectivity index (χ2n) is 17.5. The highest BCUT2D eigenvalue weighted by Crippen LogP contribution is 2.39. The van der Waals surface area contributed by atoms with Gasteiger partial charge in [-0.2, -0.15) is 58.9 Å². The summed E-state index contributed by atoms with van der Waals surface area (Å²) in [4.78, 5) is 37.2. The molecule has 23 atom stereocenters.